The SMILES string of the molecule is CCCCC(CCCC)c1ccc(I)cc1. The van der Waals surface area contributed by atoms with E-state index in [0.29, 0.717) is 0 Å². The van der Waals surface area contributed by atoms with E-state index in [4.69, 9.17) is 0 Å². The molecule has 0 heterocycles. The van der Waals surface area contributed by atoms with Crippen LogP contribution in [0.1, 0.15) is 63.9 Å². The molecule has 0 N–H and O–H groups in total. The summed E-state index contributed by atoms with van der Waals surface area (Å²) in [6.07, 6.45) is 8.06. The second-order valence-corrected chi connectivity index (χ2v) is 5.78. The molecular weight excluding hydrogens is 307 g/mol. The Morgan fingerprint density at radius 1 is 0.938 bits per heavy atom. The van der Waals surface area contributed by atoms with Crippen molar-refractivity contribution in [1.82, 2.24) is 0 Å². The van der Waals surface area contributed by atoms with Crippen LogP contribution in [0, 0.1) is 3.57 Å². The minimum Gasteiger partial charge on any atom is -0.0654 e. The second kappa shape index (κ2) is 8.10. The fourth-order valence-corrected chi connectivity index (χ4v) is 2.47. The van der Waals surface area contributed by atoms with Gasteiger partial charge in [-0.25, -0.2) is 0 Å². The fraction of sp³-hybridized carbons (Fsp3) is 0.600. The first-order chi connectivity index (χ1) is 7.77. The maximum Gasteiger partial charge on any atom is 0.0130 e. The summed E-state index contributed by atoms with van der Waals surface area (Å²) in [7, 11) is 0. The molecule has 90 valence electrons. The van der Waals surface area contributed by atoms with Crippen LogP contribution in [-0.4, -0.2) is 0 Å². The van der Waals surface area contributed by atoms with Crippen molar-refractivity contribution in [2.24, 2.45) is 0 Å². The fourth-order valence-electron chi connectivity index (χ4n) is 2.11. The van der Waals surface area contributed by atoms with E-state index in [2.05, 4.69) is 60.7 Å². The predicted octanol–water partition coefficient (Wildman–Crippen LogP) is 5.76. The molecule has 1 aromatic rings. The molecule has 0 saturated carbocycles. The lowest BCUT2D eigenvalue weighted by Gasteiger charge is -2.16. The van der Waals surface area contributed by atoms with Crippen molar-refractivity contribution in [3.05, 3.63) is 33.4 Å². The molecule has 0 aliphatic heterocycles. The summed E-state index contributed by atoms with van der Waals surface area (Å²) >= 11 is 2.38. The van der Waals surface area contributed by atoms with Crippen molar-refractivity contribution in [2.75, 3.05) is 0 Å². The maximum atomic E-state index is 2.38. The summed E-state index contributed by atoms with van der Waals surface area (Å²) in [4.78, 5) is 0. The number of rotatable bonds is 7. The van der Waals surface area contributed by atoms with E-state index in [1.807, 2.05) is 0 Å². The Kier molecular flexibility index (Phi) is 7.10. The molecule has 0 saturated heterocycles. The predicted molar refractivity (Wildman–Crippen MR) is 81.0 cm³/mol. The number of benzene rings is 1. The van der Waals surface area contributed by atoms with E-state index in [1.54, 1.807) is 5.56 Å². The van der Waals surface area contributed by atoms with Crippen LogP contribution < -0.4 is 0 Å². The highest BCUT2D eigenvalue weighted by Gasteiger charge is 2.10. The standard InChI is InChI=1S/C15H23I/c1-3-5-7-13(8-6-4-2)14-9-11-15(16)12-10-14/h9-13H,3-8H2,1-2H3. The zero-order chi connectivity index (χ0) is 11.8. The molecule has 0 nitrogen and oxygen atoms in total. The molecule has 1 heteroatoms. The minimum absolute atomic E-state index is 0.789. The molecule has 1 rings (SSSR count). The van der Waals surface area contributed by atoms with Gasteiger partial charge >= 0.3 is 0 Å². The van der Waals surface area contributed by atoms with E-state index >= 15 is 0 Å². The van der Waals surface area contributed by atoms with E-state index in [9.17, 15) is 0 Å². The van der Waals surface area contributed by atoms with Crippen LogP contribution in [0.2, 0.25) is 0 Å². The Hall–Kier alpha value is -0.0500. The van der Waals surface area contributed by atoms with Crippen molar-refractivity contribution in [1.29, 1.82) is 0 Å². The molecule has 0 amide bonds. The van der Waals surface area contributed by atoms with Gasteiger partial charge in [-0.2, -0.15) is 0 Å². The van der Waals surface area contributed by atoms with Gasteiger partial charge in [0.2, 0.25) is 0 Å². The van der Waals surface area contributed by atoms with Crippen LogP contribution in [0.4, 0.5) is 0 Å². The summed E-state index contributed by atoms with van der Waals surface area (Å²) in [5, 5.41) is 0. The third-order valence-electron chi connectivity index (χ3n) is 3.15. The van der Waals surface area contributed by atoms with Crippen molar-refractivity contribution >= 4 is 22.6 Å². The van der Waals surface area contributed by atoms with E-state index < -0.39 is 0 Å². The maximum absolute atomic E-state index is 2.38. The molecular formula is C15H23I. The van der Waals surface area contributed by atoms with Gasteiger partial charge in [-0.15, -0.1) is 0 Å². The highest BCUT2D eigenvalue weighted by atomic mass is 127. The second-order valence-electron chi connectivity index (χ2n) is 4.53. The molecule has 16 heavy (non-hydrogen) atoms. The van der Waals surface area contributed by atoms with Crippen molar-refractivity contribution in [3.63, 3.8) is 0 Å². The zero-order valence-electron chi connectivity index (χ0n) is 10.5. The number of halogens is 1. The Morgan fingerprint density at radius 2 is 1.44 bits per heavy atom. The van der Waals surface area contributed by atoms with Gasteiger partial charge in [0.05, 0.1) is 0 Å². The molecule has 0 aliphatic rings. The van der Waals surface area contributed by atoms with Gasteiger partial charge in [-0.3, -0.25) is 0 Å². The quantitative estimate of drug-likeness (QED) is 0.558. The molecule has 0 unspecified atom stereocenters. The number of unbranched alkanes of at least 4 members (excludes halogenated alkanes) is 2. The first kappa shape index (κ1) is 14.0. The molecule has 0 fully saturated rings. The van der Waals surface area contributed by atoms with E-state index in [1.165, 1.54) is 42.1 Å². The third-order valence-corrected chi connectivity index (χ3v) is 3.87. The highest BCUT2D eigenvalue weighted by molar-refractivity contribution is 14.1. The lowest BCUT2D eigenvalue weighted by molar-refractivity contribution is 0.525. The van der Waals surface area contributed by atoms with Gasteiger partial charge in [-0.1, -0.05) is 51.7 Å². The average Bonchev–Trinajstić information content (AvgIpc) is 2.31. The average molecular weight is 330 g/mol. The normalized spacial score (nSPS) is 11.0. The van der Waals surface area contributed by atoms with E-state index in [0.717, 1.165) is 5.92 Å². The summed E-state index contributed by atoms with van der Waals surface area (Å²) in [5.74, 6) is 0.789. The highest BCUT2D eigenvalue weighted by Crippen LogP contribution is 2.28. The summed E-state index contributed by atoms with van der Waals surface area (Å²) in [6.45, 7) is 4.57. The van der Waals surface area contributed by atoms with Crippen LogP contribution in [-0.2, 0) is 0 Å². The monoisotopic (exact) mass is 330 g/mol. The first-order valence-corrected chi connectivity index (χ1v) is 7.61. The van der Waals surface area contributed by atoms with Gasteiger partial charge in [-0.05, 0) is 59.0 Å². The topological polar surface area (TPSA) is 0 Å². The molecule has 0 spiro atoms. The van der Waals surface area contributed by atoms with Crippen molar-refractivity contribution in [2.45, 2.75) is 58.3 Å². The van der Waals surface area contributed by atoms with Crippen molar-refractivity contribution < 1.29 is 0 Å². The zero-order valence-corrected chi connectivity index (χ0v) is 12.7. The molecule has 0 radical (unpaired) electrons. The Labute approximate surface area is 114 Å². The third kappa shape index (κ3) is 4.86. The smallest absolute Gasteiger partial charge is 0.0130 e. The number of hydrogen-bond acceptors (Lipinski definition) is 0. The van der Waals surface area contributed by atoms with Crippen LogP contribution in [0.3, 0.4) is 0 Å². The van der Waals surface area contributed by atoms with Crippen LogP contribution >= 0.6 is 22.6 Å². The Bertz CT molecular complexity index is 268. The van der Waals surface area contributed by atoms with Gasteiger partial charge in [0.1, 0.15) is 0 Å². The lowest BCUT2D eigenvalue weighted by Crippen LogP contribution is -1.99. The van der Waals surface area contributed by atoms with Gasteiger partial charge in [0.15, 0.2) is 0 Å². The number of hydrogen-bond donors (Lipinski definition) is 0. The molecule has 0 aliphatic carbocycles. The van der Waals surface area contributed by atoms with Gasteiger partial charge < -0.3 is 0 Å². The minimum atomic E-state index is 0.789. The lowest BCUT2D eigenvalue weighted by atomic mass is 9.89. The largest absolute Gasteiger partial charge is 0.0654 e. The Balaban J connectivity index is 2.62. The van der Waals surface area contributed by atoms with Gasteiger partial charge in [0, 0.05) is 3.57 Å². The summed E-state index contributed by atoms with van der Waals surface area (Å²) in [5.41, 5.74) is 1.54. The molecule has 0 atom stereocenters. The first-order valence-electron chi connectivity index (χ1n) is 6.53. The molecule has 0 aromatic heterocycles. The van der Waals surface area contributed by atoms with Crippen LogP contribution in [0.25, 0.3) is 0 Å². The Morgan fingerprint density at radius 3 is 1.88 bits per heavy atom. The summed E-state index contributed by atoms with van der Waals surface area (Å²) in [6, 6.07) is 9.11. The van der Waals surface area contributed by atoms with Gasteiger partial charge in [0.25, 0.3) is 0 Å². The van der Waals surface area contributed by atoms with Crippen molar-refractivity contribution in [3.8, 4) is 0 Å². The van der Waals surface area contributed by atoms with E-state index in [-0.39, 0.29) is 0 Å². The molecule has 1 aromatic carbocycles. The summed E-state index contributed by atoms with van der Waals surface area (Å²) < 4.78 is 1.34. The molecule has 0 bridgehead atoms. The van der Waals surface area contributed by atoms with Crippen LogP contribution in [0.5, 0.6) is 0 Å². The van der Waals surface area contributed by atoms with Crippen LogP contribution in [0.15, 0.2) is 24.3 Å².